The maximum absolute atomic E-state index is 13.8. The highest BCUT2D eigenvalue weighted by atomic mass is 32.1. The summed E-state index contributed by atoms with van der Waals surface area (Å²) >= 11 is 0.721. The van der Waals surface area contributed by atoms with E-state index >= 15 is 0 Å². The topological polar surface area (TPSA) is 165 Å². The molecule has 1 atom stereocenters. The van der Waals surface area contributed by atoms with Crippen LogP contribution in [-0.2, 0) is 17.9 Å². The Kier molecular flexibility index (Phi) is 7.31. The number of phenolic OH excluding ortho intramolecular Hbond substituents is 1. The number of benzene rings is 2. The standard InChI is InChI=1S/C25H23N5O5S/c26-19-20(23(27)32)29-36-22(19)25(34)30(14-18-7-4-12-35-18)21(16-8-10-17(31)11-9-16)24(33)28-13-15-5-2-1-3-6-15/h1-12,21,31H,13-14,26H2,(H2,27,32)(H,28,33)/t21-/m0/s1. The van der Waals surface area contributed by atoms with Crippen LogP contribution in [-0.4, -0.2) is 32.1 Å². The molecule has 0 bridgehead atoms. The molecular weight excluding hydrogens is 482 g/mol. The summed E-state index contributed by atoms with van der Waals surface area (Å²) in [5.41, 5.74) is 12.3. The van der Waals surface area contributed by atoms with E-state index < -0.39 is 23.8 Å². The summed E-state index contributed by atoms with van der Waals surface area (Å²) in [5.74, 6) is -1.55. The van der Waals surface area contributed by atoms with Crippen molar-refractivity contribution < 1.29 is 23.9 Å². The lowest BCUT2D eigenvalue weighted by Gasteiger charge is -2.30. The van der Waals surface area contributed by atoms with Crippen LogP contribution in [0.1, 0.15) is 43.1 Å². The number of nitrogens with one attached hydrogen (secondary N) is 1. The second kappa shape index (κ2) is 10.7. The van der Waals surface area contributed by atoms with Gasteiger partial charge in [-0.15, -0.1) is 0 Å². The number of aromatic hydroxyl groups is 1. The molecule has 4 aromatic rings. The number of nitrogens with zero attached hydrogens (tertiary/aromatic N) is 2. The number of anilines is 1. The third kappa shape index (κ3) is 5.36. The second-order valence-corrected chi connectivity index (χ2v) is 8.62. The largest absolute Gasteiger partial charge is 0.508 e. The number of hydrogen-bond acceptors (Lipinski definition) is 8. The summed E-state index contributed by atoms with van der Waals surface area (Å²) in [7, 11) is 0. The van der Waals surface area contributed by atoms with Gasteiger partial charge in [-0.05, 0) is 46.9 Å². The number of furan rings is 1. The Hall–Kier alpha value is -4.64. The molecule has 2 aromatic carbocycles. The molecule has 0 radical (unpaired) electrons. The first kappa shape index (κ1) is 24.5. The lowest BCUT2D eigenvalue weighted by molar-refractivity contribution is -0.126. The van der Waals surface area contributed by atoms with Crippen molar-refractivity contribution in [3.63, 3.8) is 0 Å². The van der Waals surface area contributed by atoms with Crippen molar-refractivity contribution in [3.8, 4) is 5.75 Å². The van der Waals surface area contributed by atoms with Crippen molar-refractivity contribution in [2.75, 3.05) is 5.73 Å². The molecule has 4 rings (SSSR count). The highest BCUT2D eigenvalue weighted by Gasteiger charge is 2.35. The molecule has 10 nitrogen and oxygen atoms in total. The zero-order valence-electron chi connectivity index (χ0n) is 19.0. The summed E-state index contributed by atoms with van der Waals surface area (Å²) < 4.78 is 9.37. The first-order chi connectivity index (χ1) is 17.3. The van der Waals surface area contributed by atoms with Gasteiger partial charge in [-0.1, -0.05) is 42.5 Å². The number of rotatable bonds is 9. The average molecular weight is 506 g/mol. The lowest BCUT2D eigenvalue weighted by atomic mass is 10.0. The number of aromatic nitrogens is 1. The fraction of sp³-hybridized carbons (Fsp3) is 0.120. The Balaban J connectivity index is 1.75. The van der Waals surface area contributed by atoms with Crippen molar-refractivity contribution in [1.82, 2.24) is 14.6 Å². The summed E-state index contributed by atoms with van der Waals surface area (Å²) in [6.07, 6.45) is 1.45. The van der Waals surface area contributed by atoms with Gasteiger partial charge in [0.1, 0.15) is 22.4 Å². The molecule has 2 heterocycles. The highest BCUT2D eigenvalue weighted by Crippen LogP contribution is 2.31. The van der Waals surface area contributed by atoms with E-state index in [2.05, 4.69) is 9.69 Å². The van der Waals surface area contributed by atoms with E-state index in [4.69, 9.17) is 15.9 Å². The van der Waals surface area contributed by atoms with Gasteiger partial charge in [-0.3, -0.25) is 14.4 Å². The first-order valence-corrected chi connectivity index (χ1v) is 11.6. The Bertz CT molecular complexity index is 1350. The molecule has 11 heteroatoms. The molecule has 0 spiro atoms. The molecule has 0 aliphatic rings. The number of primary amides is 1. The van der Waals surface area contributed by atoms with Gasteiger partial charge in [0.05, 0.1) is 18.5 Å². The van der Waals surface area contributed by atoms with Crippen LogP contribution < -0.4 is 16.8 Å². The number of nitrogens with two attached hydrogens (primary N) is 2. The summed E-state index contributed by atoms with van der Waals surface area (Å²) in [5, 5.41) is 12.7. The van der Waals surface area contributed by atoms with Gasteiger partial charge in [0.2, 0.25) is 5.91 Å². The van der Waals surface area contributed by atoms with Crippen molar-refractivity contribution in [2.24, 2.45) is 5.73 Å². The van der Waals surface area contributed by atoms with Crippen LogP contribution in [0.4, 0.5) is 5.69 Å². The quantitative estimate of drug-likeness (QED) is 0.271. The van der Waals surface area contributed by atoms with Gasteiger partial charge < -0.3 is 31.2 Å². The molecule has 0 saturated carbocycles. The van der Waals surface area contributed by atoms with E-state index in [9.17, 15) is 19.5 Å². The number of hydrogen-bond donors (Lipinski definition) is 4. The molecule has 2 aromatic heterocycles. The molecule has 0 saturated heterocycles. The lowest BCUT2D eigenvalue weighted by Crippen LogP contribution is -2.43. The number of amides is 3. The minimum Gasteiger partial charge on any atom is -0.508 e. The van der Waals surface area contributed by atoms with E-state index in [0.29, 0.717) is 11.3 Å². The van der Waals surface area contributed by atoms with Gasteiger partial charge >= 0.3 is 0 Å². The molecule has 3 amide bonds. The van der Waals surface area contributed by atoms with Gasteiger partial charge in [0.25, 0.3) is 11.8 Å². The van der Waals surface area contributed by atoms with Crippen LogP contribution in [0.25, 0.3) is 0 Å². The third-order valence-electron chi connectivity index (χ3n) is 5.40. The predicted molar refractivity (Wildman–Crippen MR) is 133 cm³/mol. The number of carbonyl (C=O) groups excluding carboxylic acids is 3. The fourth-order valence-corrected chi connectivity index (χ4v) is 4.38. The minimum atomic E-state index is -1.13. The normalized spacial score (nSPS) is 11.6. The maximum atomic E-state index is 13.8. The molecule has 184 valence electrons. The molecular formula is C25H23N5O5S. The Morgan fingerprint density at radius 2 is 1.78 bits per heavy atom. The van der Waals surface area contributed by atoms with E-state index in [1.165, 1.54) is 23.3 Å². The number of phenols is 1. The van der Waals surface area contributed by atoms with Crippen LogP contribution in [0.5, 0.6) is 5.75 Å². The summed E-state index contributed by atoms with van der Waals surface area (Å²) in [6, 6.07) is 17.5. The smallest absolute Gasteiger partial charge is 0.270 e. The number of nitrogen functional groups attached to an aromatic ring is 1. The SMILES string of the molecule is NC(=O)c1nsc(C(=O)N(Cc2ccco2)[C@H](C(=O)NCc2ccccc2)c2ccc(O)cc2)c1N. The monoisotopic (exact) mass is 505 g/mol. The van der Waals surface area contributed by atoms with Gasteiger partial charge in [0, 0.05) is 6.54 Å². The molecule has 6 N–H and O–H groups in total. The van der Waals surface area contributed by atoms with Crippen LogP contribution in [0.2, 0.25) is 0 Å². The molecule has 0 aliphatic carbocycles. The third-order valence-corrected chi connectivity index (χ3v) is 6.25. The number of carbonyl (C=O) groups is 3. The zero-order chi connectivity index (χ0) is 25.7. The van der Waals surface area contributed by atoms with Crippen LogP contribution >= 0.6 is 11.5 Å². The van der Waals surface area contributed by atoms with Crippen molar-refractivity contribution >= 4 is 34.9 Å². The van der Waals surface area contributed by atoms with E-state index in [1.807, 2.05) is 30.3 Å². The van der Waals surface area contributed by atoms with E-state index in [-0.39, 0.29) is 35.1 Å². The van der Waals surface area contributed by atoms with E-state index in [1.54, 1.807) is 24.3 Å². The maximum Gasteiger partial charge on any atom is 0.270 e. The Labute approximate surface area is 210 Å². The second-order valence-electron chi connectivity index (χ2n) is 7.85. The van der Waals surface area contributed by atoms with Crippen LogP contribution in [0, 0.1) is 0 Å². The molecule has 36 heavy (non-hydrogen) atoms. The van der Waals surface area contributed by atoms with Crippen LogP contribution in [0.15, 0.2) is 77.4 Å². The predicted octanol–water partition coefficient (Wildman–Crippen LogP) is 2.82. The van der Waals surface area contributed by atoms with Gasteiger partial charge in [0.15, 0.2) is 5.69 Å². The van der Waals surface area contributed by atoms with Crippen molar-refractivity contribution in [2.45, 2.75) is 19.1 Å². The van der Waals surface area contributed by atoms with Crippen LogP contribution in [0.3, 0.4) is 0 Å². The van der Waals surface area contributed by atoms with Gasteiger partial charge in [-0.2, -0.15) is 4.37 Å². The summed E-state index contributed by atoms with van der Waals surface area (Å²) in [6.45, 7) is 0.144. The fourth-order valence-electron chi connectivity index (χ4n) is 3.62. The highest BCUT2D eigenvalue weighted by molar-refractivity contribution is 7.09. The Morgan fingerprint density at radius 1 is 1.06 bits per heavy atom. The average Bonchev–Trinajstić information content (AvgIpc) is 3.53. The Morgan fingerprint density at radius 3 is 2.39 bits per heavy atom. The first-order valence-electron chi connectivity index (χ1n) is 10.8. The van der Waals surface area contributed by atoms with Gasteiger partial charge in [-0.25, -0.2) is 0 Å². The zero-order valence-corrected chi connectivity index (χ0v) is 19.8. The molecule has 0 fully saturated rings. The van der Waals surface area contributed by atoms with E-state index in [0.717, 1.165) is 17.1 Å². The minimum absolute atomic E-state index is 0.00362. The molecule has 0 aliphatic heterocycles. The summed E-state index contributed by atoms with van der Waals surface area (Å²) in [4.78, 5) is 40.3. The van der Waals surface area contributed by atoms with Crippen molar-refractivity contribution in [3.05, 3.63) is 100 Å². The van der Waals surface area contributed by atoms with Crippen molar-refractivity contribution in [1.29, 1.82) is 0 Å². The molecule has 0 unspecified atom stereocenters.